The summed E-state index contributed by atoms with van der Waals surface area (Å²) in [5.41, 5.74) is 2.80. The van der Waals surface area contributed by atoms with Crippen molar-refractivity contribution in [2.45, 2.75) is 39.5 Å². The largest absolute Gasteiger partial charge is 0.459 e. The molecule has 4 aromatic rings. The van der Waals surface area contributed by atoms with E-state index in [9.17, 15) is 9.90 Å². The molecule has 0 unspecified atom stereocenters. The van der Waals surface area contributed by atoms with Crippen LogP contribution >= 0.6 is 0 Å². The minimum Gasteiger partial charge on any atom is -0.459 e. The van der Waals surface area contributed by atoms with Gasteiger partial charge >= 0.3 is 5.97 Å². The van der Waals surface area contributed by atoms with Crippen molar-refractivity contribution in [3.63, 3.8) is 0 Å². The van der Waals surface area contributed by atoms with Gasteiger partial charge in [0.25, 0.3) is 0 Å². The molecule has 0 bridgehead atoms. The highest BCUT2D eigenvalue weighted by Gasteiger charge is 2.40. The molecule has 34 heavy (non-hydrogen) atoms. The van der Waals surface area contributed by atoms with Crippen molar-refractivity contribution < 1.29 is 14.6 Å². The highest BCUT2D eigenvalue weighted by molar-refractivity contribution is 5.75. The number of carbonyl (C=O) groups excluding carboxylic acids is 1. The second-order valence-electron chi connectivity index (χ2n) is 9.30. The van der Waals surface area contributed by atoms with Crippen molar-refractivity contribution in [1.29, 1.82) is 0 Å². The molecule has 0 radical (unpaired) electrons. The van der Waals surface area contributed by atoms with E-state index >= 15 is 0 Å². The minimum absolute atomic E-state index is 0.00650. The molecule has 5 heteroatoms. The Morgan fingerprint density at radius 1 is 0.824 bits per heavy atom. The maximum atomic E-state index is 12.4. The lowest BCUT2D eigenvalue weighted by Crippen LogP contribution is -2.38. The van der Waals surface area contributed by atoms with E-state index in [0.717, 1.165) is 16.7 Å². The Morgan fingerprint density at radius 3 is 1.65 bits per heavy atom. The third-order valence-electron chi connectivity index (χ3n) is 5.99. The average molecular weight is 455 g/mol. The normalized spacial score (nSPS) is 11.9. The number of aliphatic hydroxyl groups excluding tert-OH is 1. The maximum Gasteiger partial charge on any atom is 0.311 e. The van der Waals surface area contributed by atoms with Gasteiger partial charge in [0.2, 0.25) is 0 Å². The quantitative estimate of drug-likeness (QED) is 0.304. The van der Waals surface area contributed by atoms with Gasteiger partial charge in [-0.2, -0.15) is 0 Å². The smallest absolute Gasteiger partial charge is 0.311 e. The van der Waals surface area contributed by atoms with E-state index < -0.39 is 11.0 Å². The van der Waals surface area contributed by atoms with Gasteiger partial charge in [0.05, 0.1) is 24.0 Å². The summed E-state index contributed by atoms with van der Waals surface area (Å²) in [5, 5.41) is 10.5. The van der Waals surface area contributed by atoms with Crippen LogP contribution in [-0.2, 0) is 28.3 Å². The first-order valence-electron chi connectivity index (χ1n) is 11.4. The van der Waals surface area contributed by atoms with Crippen molar-refractivity contribution in [3.05, 3.63) is 125 Å². The van der Waals surface area contributed by atoms with E-state index in [1.807, 2.05) is 79.9 Å². The molecule has 0 aliphatic rings. The van der Waals surface area contributed by atoms with Crippen molar-refractivity contribution >= 4 is 5.97 Å². The van der Waals surface area contributed by atoms with Gasteiger partial charge < -0.3 is 14.4 Å². The van der Waals surface area contributed by atoms with Crippen molar-refractivity contribution in [3.8, 4) is 0 Å². The number of imidazole rings is 1. The molecule has 174 valence electrons. The van der Waals surface area contributed by atoms with Gasteiger partial charge in [-0.1, -0.05) is 91.0 Å². The Bertz CT molecular complexity index is 1130. The molecule has 1 aromatic heterocycles. The van der Waals surface area contributed by atoms with Crippen molar-refractivity contribution in [2.24, 2.45) is 5.41 Å². The van der Waals surface area contributed by atoms with Gasteiger partial charge in [-0.25, -0.2) is 4.98 Å². The van der Waals surface area contributed by atoms with Gasteiger partial charge in [-0.15, -0.1) is 0 Å². The van der Waals surface area contributed by atoms with E-state index in [-0.39, 0.29) is 19.2 Å². The van der Waals surface area contributed by atoms with E-state index in [1.165, 1.54) is 0 Å². The van der Waals surface area contributed by atoms with Crippen LogP contribution in [0.3, 0.4) is 0 Å². The summed E-state index contributed by atoms with van der Waals surface area (Å²) in [4.78, 5) is 17.0. The number of rotatable bonds is 7. The summed E-state index contributed by atoms with van der Waals surface area (Å²) in [6.45, 7) is 5.18. The fourth-order valence-electron chi connectivity index (χ4n) is 4.29. The Kier molecular flexibility index (Phi) is 6.66. The number of nitrogens with zero attached hydrogens (tertiary/aromatic N) is 2. The van der Waals surface area contributed by atoms with Crippen LogP contribution in [0.15, 0.2) is 97.3 Å². The number of esters is 1. The zero-order valence-corrected chi connectivity index (χ0v) is 19.8. The second-order valence-corrected chi connectivity index (χ2v) is 9.30. The number of hydrogen-bond acceptors (Lipinski definition) is 4. The lowest BCUT2D eigenvalue weighted by molar-refractivity contribution is -0.154. The molecule has 0 amide bonds. The predicted octanol–water partition coefficient (Wildman–Crippen LogP) is 5.30. The van der Waals surface area contributed by atoms with Gasteiger partial charge in [0.1, 0.15) is 17.8 Å². The Morgan fingerprint density at radius 2 is 1.26 bits per heavy atom. The van der Waals surface area contributed by atoms with Gasteiger partial charge in [0, 0.05) is 0 Å². The van der Waals surface area contributed by atoms with E-state index in [4.69, 9.17) is 4.74 Å². The predicted molar refractivity (Wildman–Crippen MR) is 132 cm³/mol. The molecule has 0 saturated carbocycles. The fourth-order valence-corrected chi connectivity index (χ4v) is 4.29. The van der Waals surface area contributed by atoms with Gasteiger partial charge in [0.15, 0.2) is 0 Å². The number of hydrogen-bond donors (Lipinski definition) is 1. The van der Waals surface area contributed by atoms with Crippen LogP contribution in [0.4, 0.5) is 0 Å². The fraction of sp³-hybridized carbons (Fsp3) is 0.241. The standard InChI is InChI=1S/C29H30N2O3/c1-28(2,3)27(33)34-20-25-26(19-32)31(21-30-25)29(22-13-7-4-8-14-22,23-15-9-5-10-16-23)24-17-11-6-12-18-24/h4-18,21,32H,19-20H2,1-3H3. The third kappa shape index (κ3) is 4.27. The molecule has 0 saturated heterocycles. The second kappa shape index (κ2) is 9.65. The number of ether oxygens (including phenoxy) is 1. The van der Waals surface area contributed by atoms with E-state index in [0.29, 0.717) is 11.4 Å². The van der Waals surface area contributed by atoms with Crippen LogP contribution in [0, 0.1) is 5.41 Å². The lowest BCUT2D eigenvalue weighted by Gasteiger charge is -2.38. The van der Waals surface area contributed by atoms with E-state index in [2.05, 4.69) is 41.4 Å². The molecule has 0 spiro atoms. The molecular formula is C29H30N2O3. The summed E-state index contributed by atoms with van der Waals surface area (Å²) >= 11 is 0. The Labute approximate surface area is 200 Å². The summed E-state index contributed by atoms with van der Waals surface area (Å²) in [6.07, 6.45) is 1.73. The van der Waals surface area contributed by atoms with Gasteiger partial charge in [-0.3, -0.25) is 4.79 Å². The van der Waals surface area contributed by atoms with Crippen LogP contribution in [-0.4, -0.2) is 20.6 Å². The maximum absolute atomic E-state index is 12.4. The van der Waals surface area contributed by atoms with Crippen LogP contribution in [0.1, 0.15) is 48.8 Å². The molecule has 0 fully saturated rings. The van der Waals surface area contributed by atoms with E-state index in [1.54, 1.807) is 6.33 Å². The summed E-state index contributed by atoms with van der Waals surface area (Å²) < 4.78 is 7.56. The first-order valence-corrected chi connectivity index (χ1v) is 11.4. The zero-order valence-electron chi connectivity index (χ0n) is 19.8. The summed E-state index contributed by atoms with van der Waals surface area (Å²) in [6, 6.07) is 30.5. The molecule has 5 nitrogen and oxygen atoms in total. The molecule has 3 aromatic carbocycles. The zero-order chi connectivity index (χ0) is 24.2. The monoisotopic (exact) mass is 454 g/mol. The van der Waals surface area contributed by atoms with Crippen LogP contribution < -0.4 is 0 Å². The van der Waals surface area contributed by atoms with Crippen molar-refractivity contribution in [1.82, 2.24) is 9.55 Å². The molecule has 0 atom stereocenters. The highest BCUT2D eigenvalue weighted by Crippen LogP contribution is 2.42. The first kappa shape index (κ1) is 23.5. The minimum atomic E-state index is -0.791. The Balaban J connectivity index is 1.96. The highest BCUT2D eigenvalue weighted by atomic mass is 16.5. The molecule has 1 heterocycles. The SMILES string of the molecule is CC(C)(C)C(=O)OCc1ncn(C(c2ccccc2)(c2ccccc2)c2ccccc2)c1CO. The van der Waals surface area contributed by atoms with Crippen LogP contribution in [0.25, 0.3) is 0 Å². The number of aromatic nitrogens is 2. The van der Waals surface area contributed by atoms with Crippen LogP contribution in [0.2, 0.25) is 0 Å². The average Bonchev–Trinajstić information content (AvgIpc) is 3.27. The molecule has 0 aliphatic carbocycles. The lowest BCUT2D eigenvalue weighted by atomic mass is 9.76. The summed E-state index contributed by atoms with van der Waals surface area (Å²) in [5.74, 6) is -0.314. The molecule has 4 rings (SSSR count). The number of aliphatic hydroxyl groups is 1. The number of benzene rings is 3. The van der Waals surface area contributed by atoms with Crippen LogP contribution in [0.5, 0.6) is 0 Å². The molecular weight excluding hydrogens is 424 g/mol. The first-order chi connectivity index (χ1) is 16.4. The topological polar surface area (TPSA) is 64.3 Å². The third-order valence-corrected chi connectivity index (χ3v) is 5.99. The number of carbonyl (C=O) groups is 1. The van der Waals surface area contributed by atoms with Gasteiger partial charge in [-0.05, 0) is 37.5 Å². The summed E-state index contributed by atoms with van der Waals surface area (Å²) in [7, 11) is 0. The molecule has 1 N–H and O–H groups in total. The molecule has 0 aliphatic heterocycles. The van der Waals surface area contributed by atoms with Crippen molar-refractivity contribution in [2.75, 3.05) is 0 Å². The Hall–Kier alpha value is -3.70.